The molecule has 1 amide bonds. The van der Waals surface area contributed by atoms with Gasteiger partial charge in [0.05, 0.1) is 17.6 Å². The highest BCUT2D eigenvalue weighted by Gasteiger charge is 2.76. The van der Waals surface area contributed by atoms with Crippen LogP contribution in [0.4, 0.5) is 0 Å². The Morgan fingerprint density at radius 2 is 1.67 bits per heavy atom. The topological polar surface area (TPSA) is 144 Å². The molecule has 8 heteroatoms. The molecule has 234 valence electrons. The summed E-state index contributed by atoms with van der Waals surface area (Å²) in [5.74, 6) is -6.13. The van der Waals surface area contributed by atoms with Gasteiger partial charge in [-0.1, -0.05) is 61.5 Å². The zero-order chi connectivity index (χ0) is 32.1. The van der Waals surface area contributed by atoms with E-state index in [9.17, 15) is 34.8 Å². The van der Waals surface area contributed by atoms with Crippen molar-refractivity contribution in [2.45, 2.75) is 124 Å². The minimum atomic E-state index is -2.48. The zero-order valence-electron chi connectivity index (χ0n) is 27.2. The van der Waals surface area contributed by atoms with Crippen molar-refractivity contribution < 1.29 is 34.8 Å². The molecule has 0 radical (unpaired) electrons. The van der Waals surface area contributed by atoms with Crippen LogP contribution in [0.25, 0.3) is 0 Å². The lowest BCUT2D eigenvalue weighted by molar-refractivity contribution is -0.265. The predicted molar refractivity (Wildman–Crippen MR) is 160 cm³/mol. The molecular weight excluding hydrogens is 534 g/mol. The lowest BCUT2D eigenvalue weighted by Crippen LogP contribution is -2.79. The van der Waals surface area contributed by atoms with Gasteiger partial charge in [-0.3, -0.25) is 14.4 Å². The number of hydrogen-bond donors (Lipinski definition) is 5. The van der Waals surface area contributed by atoms with E-state index in [-0.39, 0.29) is 23.7 Å². The quantitative estimate of drug-likeness (QED) is 0.339. The van der Waals surface area contributed by atoms with Crippen LogP contribution in [0.15, 0.2) is 6.07 Å². The van der Waals surface area contributed by atoms with Gasteiger partial charge in [0.2, 0.25) is 5.91 Å². The SMILES string of the molecule is CCc1cc(C(C)(C)C)c(O)c2c1C[C@]1(C)C[C@]3(C)[C@@H](C(C)C)C(O)[C@@H](C(=O)NC(C)(C)C)C(=O)[C@]3(O)C(O)[C@H]1C2=O. The molecule has 2 unspecified atom stereocenters. The number of amides is 1. The molecule has 3 aliphatic carbocycles. The predicted octanol–water partition coefficient (Wildman–Crippen LogP) is 3.86. The number of fused-ring (bicyclic) bond motifs is 3. The van der Waals surface area contributed by atoms with Crippen molar-refractivity contribution in [3.63, 3.8) is 0 Å². The Morgan fingerprint density at radius 1 is 1.10 bits per heavy atom. The average Bonchev–Trinajstić information content (AvgIpc) is 2.79. The molecule has 4 rings (SSSR count). The number of phenols is 1. The maximum absolute atomic E-state index is 14.5. The van der Waals surface area contributed by atoms with Gasteiger partial charge in [0.25, 0.3) is 0 Å². The normalized spacial score (nSPS) is 36.8. The molecule has 0 aliphatic heterocycles. The molecule has 3 aliphatic rings. The number of aromatic hydroxyl groups is 1. The van der Waals surface area contributed by atoms with Gasteiger partial charge in [-0.05, 0) is 73.8 Å². The molecule has 5 N–H and O–H groups in total. The van der Waals surface area contributed by atoms with E-state index in [1.807, 2.05) is 54.5 Å². The number of hydrogen-bond acceptors (Lipinski definition) is 7. The van der Waals surface area contributed by atoms with Crippen molar-refractivity contribution in [2.24, 2.45) is 34.5 Å². The fourth-order valence-corrected chi connectivity index (χ4v) is 8.98. The molecule has 8 nitrogen and oxygen atoms in total. The monoisotopic (exact) mass is 585 g/mol. The molecule has 0 spiro atoms. The highest BCUT2D eigenvalue weighted by molar-refractivity contribution is 6.10. The Hall–Kier alpha value is -2.29. The number of carbonyl (C=O) groups is 3. The van der Waals surface area contributed by atoms with Crippen LogP contribution in [0.3, 0.4) is 0 Å². The van der Waals surface area contributed by atoms with E-state index >= 15 is 0 Å². The summed E-state index contributed by atoms with van der Waals surface area (Å²) in [6.07, 6.45) is -2.09. The molecule has 2 saturated carbocycles. The maximum Gasteiger partial charge on any atom is 0.233 e. The number of phenolic OH excluding ortho intramolecular Hbond substituents is 1. The number of aliphatic hydroxyl groups excluding tert-OH is 2. The number of nitrogens with one attached hydrogen (secondary N) is 1. The second-order valence-electron chi connectivity index (χ2n) is 16.2. The molecule has 8 atom stereocenters. The summed E-state index contributed by atoms with van der Waals surface area (Å²) in [4.78, 5) is 42.2. The zero-order valence-corrected chi connectivity index (χ0v) is 27.2. The smallest absolute Gasteiger partial charge is 0.233 e. The number of ketones is 2. The van der Waals surface area contributed by atoms with Gasteiger partial charge in [0.15, 0.2) is 17.2 Å². The molecule has 0 saturated heterocycles. The van der Waals surface area contributed by atoms with Crippen molar-refractivity contribution in [3.05, 3.63) is 28.3 Å². The van der Waals surface area contributed by atoms with Crippen LogP contribution in [-0.2, 0) is 27.8 Å². The third-order valence-corrected chi connectivity index (χ3v) is 10.5. The molecule has 2 fully saturated rings. The van der Waals surface area contributed by atoms with Gasteiger partial charge in [0.1, 0.15) is 17.8 Å². The summed E-state index contributed by atoms with van der Waals surface area (Å²) in [7, 11) is 0. The van der Waals surface area contributed by atoms with E-state index in [2.05, 4.69) is 5.32 Å². The highest BCUT2D eigenvalue weighted by atomic mass is 16.4. The number of aryl methyl sites for hydroxylation is 1. The maximum atomic E-state index is 14.5. The Labute approximate surface area is 250 Å². The third-order valence-electron chi connectivity index (χ3n) is 10.5. The first kappa shape index (κ1) is 32.6. The largest absolute Gasteiger partial charge is 0.507 e. The summed E-state index contributed by atoms with van der Waals surface area (Å²) in [5.41, 5.74) is -3.43. The average molecular weight is 586 g/mol. The van der Waals surface area contributed by atoms with Gasteiger partial charge in [-0.2, -0.15) is 0 Å². The minimum Gasteiger partial charge on any atom is -0.507 e. The van der Waals surface area contributed by atoms with Gasteiger partial charge in [-0.15, -0.1) is 0 Å². The van der Waals surface area contributed by atoms with E-state index in [4.69, 9.17) is 0 Å². The molecule has 1 aromatic rings. The number of Topliss-reactive ketones (excluding diaryl/α,β-unsaturated/α-hetero) is 2. The molecule has 1 aromatic carbocycles. The summed E-state index contributed by atoms with van der Waals surface area (Å²) in [6, 6.07) is 1.96. The third kappa shape index (κ3) is 4.46. The Morgan fingerprint density at radius 3 is 2.14 bits per heavy atom. The molecule has 0 aromatic heterocycles. The van der Waals surface area contributed by atoms with Crippen LogP contribution in [0.5, 0.6) is 5.75 Å². The van der Waals surface area contributed by atoms with Crippen molar-refractivity contribution >= 4 is 17.5 Å². The first-order valence-electron chi connectivity index (χ1n) is 15.3. The highest BCUT2D eigenvalue weighted by Crippen LogP contribution is 2.66. The van der Waals surface area contributed by atoms with Gasteiger partial charge in [0, 0.05) is 16.5 Å². The molecule has 0 bridgehead atoms. The lowest BCUT2D eigenvalue weighted by atomic mass is 9.39. The van der Waals surface area contributed by atoms with Gasteiger partial charge < -0.3 is 25.7 Å². The van der Waals surface area contributed by atoms with Crippen LogP contribution < -0.4 is 5.32 Å². The fourth-order valence-electron chi connectivity index (χ4n) is 8.98. The van der Waals surface area contributed by atoms with Gasteiger partial charge in [-0.25, -0.2) is 0 Å². The van der Waals surface area contributed by atoms with Crippen molar-refractivity contribution in [2.75, 3.05) is 0 Å². The van der Waals surface area contributed by atoms with Crippen LogP contribution in [0.1, 0.15) is 110 Å². The Kier molecular flexibility index (Phi) is 7.66. The molecule has 0 heterocycles. The first-order chi connectivity index (χ1) is 19.0. The first-order valence-corrected chi connectivity index (χ1v) is 15.3. The van der Waals surface area contributed by atoms with Gasteiger partial charge >= 0.3 is 0 Å². The summed E-state index contributed by atoms with van der Waals surface area (Å²) >= 11 is 0. The summed E-state index contributed by atoms with van der Waals surface area (Å²) < 4.78 is 0. The van der Waals surface area contributed by atoms with Crippen molar-refractivity contribution in [1.29, 1.82) is 0 Å². The number of rotatable bonds is 3. The van der Waals surface area contributed by atoms with E-state index in [1.165, 1.54) is 0 Å². The molecule has 42 heavy (non-hydrogen) atoms. The van der Waals surface area contributed by atoms with Crippen LogP contribution >= 0.6 is 0 Å². The molecular formula is C34H51NO7. The van der Waals surface area contributed by atoms with E-state index in [0.717, 1.165) is 11.1 Å². The second kappa shape index (κ2) is 9.86. The second-order valence-corrected chi connectivity index (χ2v) is 16.2. The number of carbonyl (C=O) groups excluding carboxylic acids is 3. The van der Waals surface area contributed by atoms with E-state index in [1.54, 1.807) is 27.7 Å². The number of benzene rings is 1. The summed E-state index contributed by atoms with van der Waals surface area (Å²) in [6.45, 7) is 20.5. The standard InChI is InChI=1S/C34H51NO7/c1-12-17-13-19(30(4,5)6)24(36)20-18(17)14-32(10)15-33(11)22(16(2)3)26(38)21(29(41)35-31(7,8)9)27(39)34(33,42)28(40)23(32)25(20)37/h13,16,21-23,26,28,36,38,40,42H,12,14-15H2,1-11H3,(H,35,41)/t21-,22+,23-,26?,28?,32-,33-,34+/m1/s1. The van der Waals surface area contributed by atoms with E-state index < -0.39 is 74.8 Å². The fraction of sp³-hybridized carbons (Fsp3) is 0.735. The van der Waals surface area contributed by atoms with Crippen molar-refractivity contribution in [3.8, 4) is 5.75 Å². The lowest BCUT2D eigenvalue weighted by Gasteiger charge is -2.66. The minimum absolute atomic E-state index is 0.123. The van der Waals surface area contributed by atoms with Crippen LogP contribution in [0, 0.1) is 34.5 Å². The van der Waals surface area contributed by atoms with E-state index in [0.29, 0.717) is 18.4 Å². The van der Waals surface area contributed by atoms with Crippen LogP contribution in [-0.4, -0.2) is 61.2 Å². The van der Waals surface area contributed by atoms with Crippen LogP contribution in [0.2, 0.25) is 0 Å². The number of aliphatic hydroxyl groups is 3. The Balaban J connectivity index is 1.96. The van der Waals surface area contributed by atoms with Crippen molar-refractivity contribution in [1.82, 2.24) is 5.32 Å². The summed E-state index contributed by atoms with van der Waals surface area (Å²) in [5, 5.41) is 50.6. The Bertz CT molecular complexity index is 1320.